The summed E-state index contributed by atoms with van der Waals surface area (Å²) in [5.41, 5.74) is 0. The van der Waals surface area contributed by atoms with Crippen LogP contribution >= 0.6 is 11.6 Å². The summed E-state index contributed by atoms with van der Waals surface area (Å²) in [4.78, 5) is 4.22. The highest BCUT2D eigenvalue weighted by molar-refractivity contribution is 6.30. The second-order valence-corrected chi connectivity index (χ2v) is 4.69. The highest BCUT2D eigenvalue weighted by Crippen LogP contribution is 2.13. The van der Waals surface area contributed by atoms with E-state index in [2.05, 4.69) is 24.1 Å². The van der Waals surface area contributed by atoms with Gasteiger partial charge in [-0.1, -0.05) is 44.2 Å². The van der Waals surface area contributed by atoms with Crippen molar-refractivity contribution in [3.63, 3.8) is 0 Å². The number of nitrogens with zero attached hydrogens (tertiary/aromatic N) is 1. The van der Waals surface area contributed by atoms with E-state index in [1.54, 1.807) is 6.20 Å². The van der Waals surface area contributed by atoms with Crippen LogP contribution < -0.4 is 5.32 Å². The van der Waals surface area contributed by atoms with Crippen LogP contribution in [0, 0.1) is 0 Å². The average Bonchev–Trinajstić information content (AvgIpc) is 2.28. The lowest BCUT2D eigenvalue weighted by Crippen LogP contribution is -2.15. The Balaban J connectivity index is 2.23. The quantitative estimate of drug-likeness (QED) is 0.710. The molecule has 0 fully saturated rings. The van der Waals surface area contributed by atoms with E-state index in [9.17, 15) is 0 Å². The van der Waals surface area contributed by atoms with Gasteiger partial charge in [0.2, 0.25) is 0 Å². The van der Waals surface area contributed by atoms with Crippen LogP contribution in [0.3, 0.4) is 0 Å². The van der Waals surface area contributed by atoms with Crippen molar-refractivity contribution in [1.82, 2.24) is 4.98 Å². The van der Waals surface area contributed by atoms with Gasteiger partial charge in [0.25, 0.3) is 0 Å². The largest absolute Gasteiger partial charge is 0.368 e. The van der Waals surface area contributed by atoms with Crippen molar-refractivity contribution >= 4 is 17.4 Å². The van der Waals surface area contributed by atoms with E-state index in [1.807, 2.05) is 12.1 Å². The van der Waals surface area contributed by atoms with Gasteiger partial charge >= 0.3 is 0 Å². The van der Waals surface area contributed by atoms with Gasteiger partial charge < -0.3 is 5.32 Å². The van der Waals surface area contributed by atoms with Crippen LogP contribution in [0.15, 0.2) is 18.3 Å². The van der Waals surface area contributed by atoms with E-state index in [1.165, 1.54) is 32.1 Å². The standard InChI is InChI=1S/C13H21ClN2/c1-3-4-5-6-7-11(2)16-13-9-8-12(14)10-15-13/h8-11H,3-7H2,1-2H3,(H,15,16). The molecule has 0 saturated heterocycles. The van der Waals surface area contributed by atoms with Crippen molar-refractivity contribution < 1.29 is 0 Å². The summed E-state index contributed by atoms with van der Waals surface area (Å²) < 4.78 is 0. The first-order valence-electron chi connectivity index (χ1n) is 6.10. The van der Waals surface area contributed by atoms with E-state index < -0.39 is 0 Å². The Labute approximate surface area is 103 Å². The Kier molecular flexibility index (Phi) is 6.24. The van der Waals surface area contributed by atoms with E-state index in [0.717, 1.165) is 5.82 Å². The minimum atomic E-state index is 0.477. The Bertz CT molecular complexity index is 284. The van der Waals surface area contributed by atoms with Gasteiger partial charge in [0, 0.05) is 12.2 Å². The van der Waals surface area contributed by atoms with Gasteiger partial charge in [-0.3, -0.25) is 0 Å². The fraction of sp³-hybridized carbons (Fsp3) is 0.615. The maximum atomic E-state index is 5.78. The molecule has 1 unspecified atom stereocenters. The zero-order valence-electron chi connectivity index (χ0n) is 10.2. The summed E-state index contributed by atoms with van der Waals surface area (Å²) in [7, 11) is 0. The molecule has 0 amide bonds. The van der Waals surface area contributed by atoms with Crippen LogP contribution in [0.2, 0.25) is 5.02 Å². The minimum absolute atomic E-state index is 0.477. The molecule has 1 atom stereocenters. The van der Waals surface area contributed by atoms with E-state index >= 15 is 0 Å². The highest BCUT2D eigenvalue weighted by Gasteiger charge is 2.02. The van der Waals surface area contributed by atoms with E-state index in [4.69, 9.17) is 11.6 Å². The van der Waals surface area contributed by atoms with E-state index in [-0.39, 0.29) is 0 Å². The van der Waals surface area contributed by atoms with Gasteiger partial charge in [0.05, 0.1) is 5.02 Å². The summed E-state index contributed by atoms with van der Waals surface area (Å²) in [5.74, 6) is 0.910. The Hall–Kier alpha value is -0.760. The monoisotopic (exact) mass is 240 g/mol. The molecule has 1 aromatic rings. The maximum absolute atomic E-state index is 5.78. The van der Waals surface area contributed by atoms with Gasteiger partial charge in [-0.15, -0.1) is 0 Å². The third kappa shape index (κ3) is 5.36. The lowest BCUT2D eigenvalue weighted by molar-refractivity contribution is 0.593. The second-order valence-electron chi connectivity index (χ2n) is 4.26. The Morgan fingerprint density at radius 2 is 2.12 bits per heavy atom. The normalized spacial score (nSPS) is 12.4. The van der Waals surface area contributed by atoms with E-state index in [0.29, 0.717) is 11.1 Å². The minimum Gasteiger partial charge on any atom is -0.368 e. The molecular weight excluding hydrogens is 220 g/mol. The number of unbranched alkanes of at least 4 members (excludes halogenated alkanes) is 3. The number of hydrogen-bond acceptors (Lipinski definition) is 2. The first-order chi connectivity index (χ1) is 7.72. The summed E-state index contributed by atoms with van der Waals surface area (Å²) in [6.07, 6.45) is 8.12. The highest BCUT2D eigenvalue weighted by atomic mass is 35.5. The number of aromatic nitrogens is 1. The summed E-state index contributed by atoms with van der Waals surface area (Å²) in [6, 6.07) is 4.26. The van der Waals surface area contributed by atoms with Gasteiger partial charge in [0.15, 0.2) is 0 Å². The van der Waals surface area contributed by atoms with Gasteiger partial charge in [-0.05, 0) is 25.5 Å². The molecule has 1 heterocycles. The number of halogens is 1. The van der Waals surface area contributed by atoms with Crippen molar-refractivity contribution in [2.24, 2.45) is 0 Å². The maximum Gasteiger partial charge on any atom is 0.126 e. The molecule has 2 nitrogen and oxygen atoms in total. The van der Waals surface area contributed by atoms with Crippen molar-refractivity contribution in [3.8, 4) is 0 Å². The van der Waals surface area contributed by atoms with Crippen LogP contribution in [0.4, 0.5) is 5.82 Å². The zero-order valence-corrected chi connectivity index (χ0v) is 10.9. The molecular formula is C13H21ClN2. The lowest BCUT2D eigenvalue weighted by Gasteiger charge is -2.14. The van der Waals surface area contributed by atoms with Crippen molar-refractivity contribution in [2.75, 3.05) is 5.32 Å². The first kappa shape index (κ1) is 13.3. The van der Waals surface area contributed by atoms with Crippen LogP contribution in [0.5, 0.6) is 0 Å². The smallest absolute Gasteiger partial charge is 0.126 e. The average molecular weight is 241 g/mol. The van der Waals surface area contributed by atoms with Crippen LogP contribution in [0.25, 0.3) is 0 Å². The van der Waals surface area contributed by atoms with Crippen LogP contribution in [0.1, 0.15) is 46.0 Å². The molecule has 16 heavy (non-hydrogen) atoms. The fourth-order valence-corrected chi connectivity index (χ4v) is 1.77. The molecule has 0 aromatic carbocycles. The molecule has 90 valence electrons. The van der Waals surface area contributed by atoms with Crippen LogP contribution in [-0.2, 0) is 0 Å². The predicted octanol–water partition coefficient (Wildman–Crippen LogP) is 4.51. The Morgan fingerprint density at radius 3 is 2.75 bits per heavy atom. The molecule has 0 aliphatic heterocycles. The third-order valence-corrected chi connectivity index (χ3v) is 2.84. The van der Waals surface area contributed by atoms with Crippen molar-refractivity contribution in [1.29, 1.82) is 0 Å². The number of hydrogen-bond donors (Lipinski definition) is 1. The third-order valence-electron chi connectivity index (χ3n) is 2.61. The molecule has 0 radical (unpaired) electrons. The summed E-state index contributed by atoms with van der Waals surface area (Å²) in [5, 5.41) is 4.06. The van der Waals surface area contributed by atoms with Gasteiger partial charge in [0.1, 0.15) is 5.82 Å². The first-order valence-corrected chi connectivity index (χ1v) is 6.48. The van der Waals surface area contributed by atoms with Crippen molar-refractivity contribution in [3.05, 3.63) is 23.4 Å². The molecule has 0 bridgehead atoms. The number of nitrogens with one attached hydrogen (secondary N) is 1. The van der Waals surface area contributed by atoms with Gasteiger partial charge in [-0.25, -0.2) is 4.98 Å². The molecule has 0 aliphatic carbocycles. The number of anilines is 1. The van der Waals surface area contributed by atoms with Crippen molar-refractivity contribution in [2.45, 2.75) is 52.0 Å². The summed E-state index contributed by atoms with van der Waals surface area (Å²) in [6.45, 7) is 4.43. The SMILES string of the molecule is CCCCCCC(C)Nc1ccc(Cl)cn1. The topological polar surface area (TPSA) is 24.9 Å². The lowest BCUT2D eigenvalue weighted by atomic mass is 10.1. The predicted molar refractivity (Wildman–Crippen MR) is 71.1 cm³/mol. The molecule has 3 heteroatoms. The Morgan fingerprint density at radius 1 is 1.31 bits per heavy atom. The molecule has 0 saturated carbocycles. The number of pyridine rings is 1. The van der Waals surface area contributed by atoms with Gasteiger partial charge in [-0.2, -0.15) is 0 Å². The molecule has 1 N–H and O–H groups in total. The summed E-state index contributed by atoms with van der Waals surface area (Å²) >= 11 is 5.78. The molecule has 1 aromatic heterocycles. The number of rotatable bonds is 7. The fourth-order valence-electron chi connectivity index (χ4n) is 1.66. The molecule has 0 aliphatic rings. The molecule has 0 spiro atoms. The second kappa shape index (κ2) is 7.50. The molecule has 1 rings (SSSR count). The zero-order chi connectivity index (χ0) is 11.8. The van der Waals surface area contributed by atoms with Crippen LogP contribution in [-0.4, -0.2) is 11.0 Å².